The molecule has 0 aromatic heterocycles. The standard InChI is InChI=1S/C14H21F2NO2/c1-10(2)9-18-5-6-19-14-12(15)7-11(3-4-17)8-13(14)16/h7-8,10H,3-6,9,17H2,1-2H3. The molecule has 0 spiro atoms. The first-order valence-corrected chi connectivity index (χ1v) is 6.43. The summed E-state index contributed by atoms with van der Waals surface area (Å²) in [5, 5.41) is 0. The van der Waals surface area contributed by atoms with Gasteiger partial charge in [-0.15, -0.1) is 0 Å². The second-order valence-electron chi connectivity index (χ2n) is 4.74. The Kier molecular flexibility index (Phi) is 6.73. The lowest BCUT2D eigenvalue weighted by atomic mass is 10.1. The summed E-state index contributed by atoms with van der Waals surface area (Å²) in [5.41, 5.74) is 5.87. The molecule has 1 rings (SSSR count). The summed E-state index contributed by atoms with van der Waals surface area (Å²) in [4.78, 5) is 0. The highest BCUT2D eigenvalue weighted by molar-refractivity contribution is 5.31. The van der Waals surface area contributed by atoms with Crippen LogP contribution in [0.1, 0.15) is 19.4 Å². The molecule has 0 radical (unpaired) electrons. The topological polar surface area (TPSA) is 44.5 Å². The normalized spacial score (nSPS) is 11.1. The van der Waals surface area contributed by atoms with E-state index in [0.717, 1.165) is 0 Å². The minimum absolute atomic E-state index is 0.122. The van der Waals surface area contributed by atoms with Crippen LogP contribution in [0.3, 0.4) is 0 Å². The number of hydrogen-bond donors (Lipinski definition) is 1. The van der Waals surface area contributed by atoms with Crippen molar-refractivity contribution in [3.8, 4) is 5.75 Å². The van der Waals surface area contributed by atoms with Crippen LogP contribution in [-0.4, -0.2) is 26.4 Å². The van der Waals surface area contributed by atoms with Gasteiger partial charge in [-0.1, -0.05) is 13.8 Å². The molecule has 1 aromatic carbocycles. The Morgan fingerprint density at radius 1 is 1.16 bits per heavy atom. The quantitative estimate of drug-likeness (QED) is 0.740. The van der Waals surface area contributed by atoms with Crippen LogP contribution >= 0.6 is 0 Å². The Labute approximate surface area is 112 Å². The Morgan fingerprint density at radius 2 is 1.79 bits per heavy atom. The molecule has 0 amide bonds. The molecule has 0 aliphatic carbocycles. The van der Waals surface area contributed by atoms with Crippen LogP contribution in [0.2, 0.25) is 0 Å². The van der Waals surface area contributed by atoms with Gasteiger partial charge in [-0.3, -0.25) is 0 Å². The first-order valence-electron chi connectivity index (χ1n) is 6.43. The van der Waals surface area contributed by atoms with Crippen LogP contribution in [0, 0.1) is 17.6 Å². The van der Waals surface area contributed by atoms with Gasteiger partial charge in [0.2, 0.25) is 0 Å². The molecule has 108 valence electrons. The number of benzene rings is 1. The third kappa shape index (κ3) is 5.53. The van der Waals surface area contributed by atoms with E-state index in [-0.39, 0.29) is 12.4 Å². The second-order valence-corrected chi connectivity index (χ2v) is 4.74. The fourth-order valence-electron chi connectivity index (χ4n) is 1.58. The summed E-state index contributed by atoms with van der Waals surface area (Å²) in [7, 11) is 0. The van der Waals surface area contributed by atoms with Crippen LogP contribution < -0.4 is 10.5 Å². The SMILES string of the molecule is CC(C)COCCOc1c(F)cc(CCN)cc1F. The molecule has 2 N–H and O–H groups in total. The highest BCUT2D eigenvalue weighted by atomic mass is 19.1. The van der Waals surface area contributed by atoms with Crippen LogP contribution in [0.5, 0.6) is 5.75 Å². The molecule has 3 nitrogen and oxygen atoms in total. The maximum atomic E-state index is 13.6. The Bertz CT molecular complexity index is 374. The maximum Gasteiger partial charge on any atom is 0.190 e. The third-order valence-electron chi connectivity index (χ3n) is 2.42. The zero-order chi connectivity index (χ0) is 14.3. The first-order chi connectivity index (χ1) is 9.04. The monoisotopic (exact) mass is 273 g/mol. The second kappa shape index (κ2) is 8.07. The Morgan fingerprint density at radius 3 is 2.32 bits per heavy atom. The molecule has 0 atom stereocenters. The van der Waals surface area contributed by atoms with Crippen LogP contribution in [-0.2, 0) is 11.2 Å². The lowest BCUT2D eigenvalue weighted by Gasteiger charge is -2.11. The van der Waals surface area contributed by atoms with E-state index in [2.05, 4.69) is 0 Å². The Hall–Kier alpha value is -1.20. The van der Waals surface area contributed by atoms with Gasteiger partial charge in [-0.2, -0.15) is 0 Å². The van der Waals surface area contributed by atoms with E-state index in [1.54, 1.807) is 0 Å². The molecular formula is C14H21F2NO2. The van der Waals surface area contributed by atoms with E-state index in [0.29, 0.717) is 37.7 Å². The summed E-state index contributed by atoms with van der Waals surface area (Å²) < 4.78 is 37.6. The summed E-state index contributed by atoms with van der Waals surface area (Å²) in [6, 6.07) is 2.50. The van der Waals surface area contributed by atoms with Gasteiger partial charge in [0.15, 0.2) is 17.4 Å². The van der Waals surface area contributed by atoms with Gasteiger partial charge in [-0.25, -0.2) is 8.78 Å². The number of halogens is 2. The molecule has 0 heterocycles. The molecule has 0 fully saturated rings. The third-order valence-corrected chi connectivity index (χ3v) is 2.42. The number of hydrogen-bond acceptors (Lipinski definition) is 3. The average molecular weight is 273 g/mol. The number of ether oxygens (including phenoxy) is 2. The Balaban J connectivity index is 2.49. The number of nitrogens with two attached hydrogens (primary N) is 1. The molecule has 0 saturated carbocycles. The van der Waals surface area contributed by atoms with Crippen molar-refractivity contribution >= 4 is 0 Å². The zero-order valence-electron chi connectivity index (χ0n) is 11.4. The molecule has 0 bridgehead atoms. The van der Waals surface area contributed by atoms with E-state index >= 15 is 0 Å². The lowest BCUT2D eigenvalue weighted by Crippen LogP contribution is -2.12. The van der Waals surface area contributed by atoms with Crippen molar-refractivity contribution in [2.24, 2.45) is 11.7 Å². The van der Waals surface area contributed by atoms with Crippen molar-refractivity contribution in [2.75, 3.05) is 26.4 Å². The van der Waals surface area contributed by atoms with Gasteiger partial charge in [0.05, 0.1) is 6.61 Å². The van der Waals surface area contributed by atoms with E-state index < -0.39 is 11.6 Å². The molecule has 1 aromatic rings. The largest absolute Gasteiger partial charge is 0.485 e. The van der Waals surface area contributed by atoms with E-state index in [1.807, 2.05) is 13.8 Å². The maximum absolute atomic E-state index is 13.6. The summed E-state index contributed by atoms with van der Waals surface area (Å²) >= 11 is 0. The van der Waals surface area contributed by atoms with Crippen LogP contribution in [0.4, 0.5) is 8.78 Å². The molecule has 19 heavy (non-hydrogen) atoms. The zero-order valence-corrected chi connectivity index (χ0v) is 11.4. The predicted molar refractivity (Wildman–Crippen MR) is 70.3 cm³/mol. The van der Waals surface area contributed by atoms with Crippen molar-refractivity contribution in [1.29, 1.82) is 0 Å². The van der Waals surface area contributed by atoms with Crippen LogP contribution in [0.15, 0.2) is 12.1 Å². The summed E-state index contributed by atoms with van der Waals surface area (Å²) in [6.45, 7) is 5.43. The molecular weight excluding hydrogens is 252 g/mol. The van der Waals surface area contributed by atoms with Gasteiger partial charge in [0, 0.05) is 6.61 Å². The fourth-order valence-corrected chi connectivity index (χ4v) is 1.58. The first kappa shape index (κ1) is 15.9. The van der Waals surface area contributed by atoms with E-state index in [4.69, 9.17) is 15.2 Å². The van der Waals surface area contributed by atoms with Gasteiger partial charge in [-0.05, 0) is 36.6 Å². The molecule has 0 unspecified atom stereocenters. The van der Waals surface area contributed by atoms with Crippen LogP contribution in [0.25, 0.3) is 0 Å². The lowest BCUT2D eigenvalue weighted by molar-refractivity contribution is 0.0795. The molecule has 5 heteroatoms. The summed E-state index contributed by atoms with van der Waals surface area (Å²) in [6.07, 6.45) is 0.436. The molecule has 0 aliphatic heterocycles. The van der Waals surface area contributed by atoms with Crippen molar-refractivity contribution in [3.63, 3.8) is 0 Å². The van der Waals surface area contributed by atoms with Gasteiger partial charge in [0.25, 0.3) is 0 Å². The molecule has 0 saturated heterocycles. The minimum Gasteiger partial charge on any atom is -0.485 e. The smallest absolute Gasteiger partial charge is 0.190 e. The summed E-state index contributed by atoms with van der Waals surface area (Å²) in [5.74, 6) is -1.34. The van der Waals surface area contributed by atoms with E-state index in [1.165, 1.54) is 12.1 Å². The van der Waals surface area contributed by atoms with Crippen molar-refractivity contribution in [1.82, 2.24) is 0 Å². The highest BCUT2D eigenvalue weighted by Gasteiger charge is 2.12. The van der Waals surface area contributed by atoms with Gasteiger partial charge >= 0.3 is 0 Å². The highest BCUT2D eigenvalue weighted by Crippen LogP contribution is 2.23. The molecule has 0 aliphatic rings. The van der Waals surface area contributed by atoms with Crippen molar-refractivity contribution in [2.45, 2.75) is 20.3 Å². The predicted octanol–water partition coefficient (Wildman–Crippen LogP) is 2.52. The number of rotatable bonds is 8. The average Bonchev–Trinajstić information content (AvgIpc) is 2.31. The van der Waals surface area contributed by atoms with Gasteiger partial charge < -0.3 is 15.2 Å². The van der Waals surface area contributed by atoms with Crippen molar-refractivity contribution in [3.05, 3.63) is 29.3 Å². The fraction of sp³-hybridized carbons (Fsp3) is 0.571. The van der Waals surface area contributed by atoms with Crippen molar-refractivity contribution < 1.29 is 18.3 Å². The van der Waals surface area contributed by atoms with E-state index in [9.17, 15) is 8.78 Å². The minimum atomic E-state index is -0.702. The van der Waals surface area contributed by atoms with Gasteiger partial charge in [0.1, 0.15) is 6.61 Å².